The molecule has 1 aliphatic rings. The second-order valence-corrected chi connectivity index (χ2v) is 8.47. The third-order valence-electron chi connectivity index (χ3n) is 4.66. The molecule has 1 fully saturated rings. The molecular formula is C19H30ClN3O2S. The first-order chi connectivity index (χ1) is 11.8. The molecule has 2 rings (SSSR count). The summed E-state index contributed by atoms with van der Waals surface area (Å²) < 4.78 is 5.32. The van der Waals surface area contributed by atoms with Crippen LogP contribution in [0.4, 0.5) is 0 Å². The summed E-state index contributed by atoms with van der Waals surface area (Å²) in [6.07, 6.45) is 3.24. The lowest BCUT2D eigenvalue weighted by molar-refractivity contribution is -0.133. The van der Waals surface area contributed by atoms with Crippen molar-refractivity contribution < 1.29 is 8.98 Å². The van der Waals surface area contributed by atoms with Crippen molar-refractivity contribution in [2.75, 3.05) is 13.1 Å². The first kappa shape index (κ1) is 22.6. The molecule has 146 valence electrons. The Bertz CT molecular complexity index is 594. The molecule has 0 atom stereocenters. The Morgan fingerprint density at radius 3 is 2.35 bits per heavy atom. The zero-order valence-electron chi connectivity index (χ0n) is 15.8. The van der Waals surface area contributed by atoms with Gasteiger partial charge in [-0.15, -0.1) is 12.4 Å². The summed E-state index contributed by atoms with van der Waals surface area (Å²) >= 11 is 1.14. The molecule has 0 unspecified atom stereocenters. The normalized spacial score (nSPS) is 15.3. The van der Waals surface area contributed by atoms with Crippen LogP contribution in [-0.4, -0.2) is 29.9 Å². The van der Waals surface area contributed by atoms with E-state index in [0.717, 1.165) is 49.3 Å². The van der Waals surface area contributed by atoms with E-state index >= 15 is 0 Å². The van der Waals surface area contributed by atoms with Gasteiger partial charge in [-0.3, -0.25) is 10.2 Å². The maximum absolute atomic E-state index is 12.0. The van der Waals surface area contributed by atoms with Gasteiger partial charge < -0.3 is 14.8 Å². The molecule has 0 saturated carbocycles. The molecule has 0 aliphatic carbocycles. The average molecular weight is 400 g/mol. The highest BCUT2D eigenvalue weighted by atomic mass is 35.5. The fourth-order valence-electron chi connectivity index (χ4n) is 2.93. The summed E-state index contributed by atoms with van der Waals surface area (Å²) in [5.74, 6) is 0.491. The van der Waals surface area contributed by atoms with Crippen LogP contribution in [0.3, 0.4) is 0 Å². The summed E-state index contributed by atoms with van der Waals surface area (Å²) in [7, 11) is 0. The number of benzene rings is 1. The highest BCUT2D eigenvalue weighted by Gasteiger charge is 2.21. The van der Waals surface area contributed by atoms with E-state index in [2.05, 4.69) is 32.9 Å². The van der Waals surface area contributed by atoms with Crippen LogP contribution in [-0.2, 0) is 14.4 Å². The zero-order chi connectivity index (χ0) is 18.4. The van der Waals surface area contributed by atoms with E-state index in [1.165, 1.54) is 5.56 Å². The lowest BCUT2D eigenvalue weighted by Gasteiger charge is -2.31. The number of rotatable bonds is 5. The van der Waals surface area contributed by atoms with Crippen LogP contribution in [0.25, 0.3) is 0 Å². The Morgan fingerprint density at radius 1 is 1.27 bits per heavy atom. The summed E-state index contributed by atoms with van der Waals surface area (Å²) in [6.45, 7) is 8.15. The summed E-state index contributed by atoms with van der Waals surface area (Å²) in [5.41, 5.74) is 6.88. The second-order valence-electron chi connectivity index (χ2n) is 7.67. The van der Waals surface area contributed by atoms with E-state index in [1.54, 1.807) is 0 Å². The van der Waals surface area contributed by atoms with E-state index < -0.39 is 0 Å². The molecule has 26 heavy (non-hydrogen) atoms. The number of nitrogens with two attached hydrogens (primary N) is 1. The van der Waals surface area contributed by atoms with Crippen LogP contribution in [0.1, 0.15) is 52.0 Å². The Balaban J connectivity index is 0.00000338. The molecule has 0 amide bonds. The van der Waals surface area contributed by atoms with Crippen LogP contribution in [0.2, 0.25) is 0 Å². The van der Waals surface area contributed by atoms with Gasteiger partial charge in [-0.1, -0.05) is 32.9 Å². The monoisotopic (exact) mass is 399 g/mol. The number of likely N-dealkylation sites (tertiary alicyclic amines) is 1. The van der Waals surface area contributed by atoms with Gasteiger partial charge in [-0.25, -0.2) is 0 Å². The number of carbonyl (C=O) groups excluding carboxylic acids is 1. The third-order valence-corrected chi connectivity index (χ3v) is 5.40. The summed E-state index contributed by atoms with van der Waals surface area (Å²) in [4.78, 5) is 14.8. The minimum absolute atomic E-state index is 0. The predicted molar refractivity (Wildman–Crippen MR) is 110 cm³/mol. The van der Waals surface area contributed by atoms with Crippen molar-refractivity contribution >= 4 is 36.4 Å². The molecule has 0 radical (unpaired) electrons. The fraction of sp³-hybridized carbons (Fsp3) is 0.579. The number of hydrogen-bond donors (Lipinski definition) is 2. The van der Waals surface area contributed by atoms with Gasteiger partial charge in [0.05, 0.1) is 12.0 Å². The Morgan fingerprint density at radius 2 is 1.85 bits per heavy atom. The molecule has 0 spiro atoms. The number of nitrogens with one attached hydrogen (secondary N) is 1. The first-order valence-corrected chi connectivity index (χ1v) is 9.57. The second kappa shape index (κ2) is 10.1. The van der Waals surface area contributed by atoms with Gasteiger partial charge in [-0.05, 0) is 48.3 Å². The van der Waals surface area contributed by atoms with Crippen molar-refractivity contribution in [2.24, 2.45) is 11.7 Å². The summed E-state index contributed by atoms with van der Waals surface area (Å²) in [5, 5.41) is 7.44. The molecule has 1 aromatic carbocycles. The van der Waals surface area contributed by atoms with Crippen molar-refractivity contribution in [3.8, 4) is 0 Å². The van der Waals surface area contributed by atoms with Crippen LogP contribution in [0.5, 0.6) is 0 Å². The Labute approximate surface area is 167 Å². The van der Waals surface area contributed by atoms with Crippen molar-refractivity contribution in [1.82, 2.24) is 4.90 Å². The summed E-state index contributed by atoms with van der Waals surface area (Å²) in [6, 6.07) is 8.16. The minimum atomic E-state index is -0.168. The number of nitrogens with zero attached hydrogens (tertiary/aromatic N) is 1. The van der Waals surface area contributed by atoms with Crippen LogP contribution in [0, 0.1) is 11.3 Å². The van der Waals surface area contributed by atoms with Gasteiger partial charge in [0, 0.05) is 24.4 Å². The molecule has 5 nitrogen and oxygen atoms in total. The quantitative estimate of drug-likeness (QED) is 0.437. The molecule has 3 N–H and O–H groups in total. The topological polar surface area (TPSA) is 79.4 Å². The van der Waals surface area contributed by atoms with E-state index in [0.29, 0.717) is 12.3 Å². The standard InChI is InChI=1S/C19H29N3O2S.ClH/c1-19(2,3)15-5-7-16(8-6-15)25-24-17(23)9-4-14-10-12-22(13-11-14)18(20)21;/h5-8,14H,4,9-13H2,1-3H3,(H3,20,21);1H. The molecule has 1 saturated heterocycles. The van der Waals surface area contributed by atoms with Crippen molar-refractivity contribution in [1.29, 1.82) is 5.41 Å². The molecule has 7 heteroatoms. The van der Waals surface area contributed by atoms with Crippen molar-refractivity contribution in [3.63, 3.8) is 0 Å². The Kier molecular flexibility index (Phi) is 8.77. The van der Waals surface area contributed by atoms with Gasteiger partial charge in [0.1, 0.15) is 0 Å². The number of hydrogen-bond acceptors (Lipinski definition) is 4. The van der Waals surface area contributed by atoms with E-state index in [4.69, 9.17) is 15.3 Å². The SMILES string of the molecule is CC(C)(C)c1ccc(SOC(=O)CCC2CCN(C(=N)N)CC2)cc1.Cl. The van der Waals surface area contributed by atoms with E-state index in [1.807, 2.05) is 17.0 Å². The molecule has 1 heterocycles. The van der Waals surface area contributed by atoms with Crippen LogP contribution in [0.15, 0.2) is 29.2 Å². The van der Waals surface area contributed by atoms with Gasteiger partial charge >= 0.3 is 5.97 Å². The number of halogens is 1. The Hall–Kier alpha value is -1.40. The number of guanidine groups is 1. The van der Waals surface area contributed by atoms with Gasteiger partial charge in [0.25, 0.3) is 0 Å². The lowest BCUT2D eigenvalue weighted by Crippen LogP contribution is -2.42. The first-order valence-electron chi connectivity index (χ1n) is 8.82. The molecule has 0 aromatic heterocycles. The average Bonchev–Trinajstić information content (AvgIpc) is 2.58. The third kappa shape index (κ3) is 7.08. The number of carbonyl (C=O) groups is 1. The van der Waals surface area contributed by atoms with Crippen molar-refractivity contribution in [2.45, 2.75) is 56.8 Å². The van der Waals surface area contributed by atoms with Crippen LogP contribution >= 0.6 is 24.4 Å². The number of piperidine rings is 1. The smallest absolute Gasteiger partial charge is 0.318 e. The van der Waals surface area contributed by atoms with E-state index in [9.17, 15) is 4.79 Å². The molecule has 1 aliphatic heterocycles. The lowest BCUT2D eigenvalue weighted by atomic mass is 9.87. The van der Waals surface area contributed by atoms with Crippen LogP contribution < -0.4 is 5.73 Å². The molecule has 1 aromatic rings. The van der Waals surface area contributed by atoms with Gasteiger partial charge in [0.15, 0.2) is 5.96 Å². The zero-order valence-corrected chi connectivity index (χ0v) is 17.4. The van der Waals surface area contributed by atoms with Gasteiger partial charge in [0.2, 0.25) is 0 Å². The maximum atomic E-state index is 12.0. The van der Waals surface area contributed by atoms with Crippen molar-refractivity contribution in [3.05, 3.63) is 29.8 Å². The fourth-order valence-corrected chi connectivity index (χ4v) is 3.45. The molecular weight excluding hydrogens is 370 g/mol. The minimum Gasteiger partial charge on any atom is -0.386 e. The maximum Gasteiger partial charge on any atom is 0.318 e. The highest BCUT2D eigenvalue weighted by molar-refractivity contribution is 7.95. The predicted octanol–water partition coefficient (Wildman–Crippen LogP) is 4.34. The van der Waals surface area contributed by atoms with E-state index in [-0.39, 0.29) is 29.8 Å². The highest BCUT2D eigenvalue weighted by Crippen LogP contribution is 2.27. The molecule has 0 bridgehead atoms. The van der Waals surface area contributed by atoms with Gasteiger partial charge in [-0.2, -0.15) is 0 Å². The largest absolute Gasteiger partial charge is 0.386 e.